The molecule has 5 nitrogen and oxygen atoms in total. The van der Waals surface area contributed by atoms with Crippen molar-refractivity contribution in [3.05, 3.63) is 17.6 Å². The predicted octanol–water partition coefficient (Wildman–Crippen LogP) is 2.30. The highest BCUT2D eigenvalue weighted by molar-refractivity contribution is 5.72. The zero-order valence-corrected chi connectivity index (χ0v) is 12.7. The van der Waals surface area contributed by atoms with Crippen LogP contribution in [0.1, 0.15) is 44.1 Å². The molecular formula is C15H23N3O2. The van der Waals surface area contributed by atoms with Crippen molar-refractivity contribution in [2.45, 2.75) is 39.5 Å². The lowest BCUT2D eigenvalue weighted by atomic mass is 9.97. The van der Waals surface area contributed by atoms with E-state index in [-0.39, 0.29) is 11.9 Å². The molecule has 20 heavy (non-hydrogen) atoms. The van der Waals surface area contributed by atoms with Gasteiger partial charge in [-0.2, -0.15) is 0 Å². The number of methoxy groups -OCH3 is 1. The van der Waals surface area contributed by atoms with Gasteiger partial charge in [-0.3, -0.25) is 4.79 Å². The highest BCUT2D eigenvalue weighted by atomic mass is 16.5. The van der Waals surface area contributed by atoms with Crippen LogP contribution in [-0.4, -0.2) is 36.1 Å². The summed E-state index contributed by atoms with van der Waals surface area (Å²) >= 11 is 0. The third-order valence-corrected chi connectivity index (χ3v) is 3.73. The van der Waals surface area contributed by atoms with Crippen molar-refractivity contribution in [1.82, 2.24) is 9.97 Å². The minimum absolute atomic E-state index is 0.0313. The van der Waals surface area contributed by atoms with Crippen LogP contribution in [0, 0.1) is 12.8 Å². The van der Waals surface area contributed by atoms with Gasteiger partial charge >= 0.3 is 5.97 Å². The molecule has 0 bridgehead atoms. The maximum atomic E-state index is 11.5. The average molecular weight is 277 g/mol. The minimum Gasteiger partial charge on any atom is -0.469 e. The zero-order chi connectivity index (χ0) is 14.7. The maximum absolute atomic E-state index is 11.5. The van der Waals surface area contributed by atoms with Crippen LogP contribution >= 0.6 is 0 Å². The van der Waals surface area contributed by atoms with Crippen molar-refractivity contribution >= 4 is 11.8 Å². The van der Waals surface area contributed by atoms with E-state index in [9.17, 15) is 4.79 Å². The largest absolute Gasteiger partial charge is 0.469 e. The quantitative estimate of drug-likeness (QED) is 0.793. The second-order valence-corrected chi connectivity index (χ2v) is 5.66. The fraction of sp³-hybridized carbons (Fsp3) is 0.667. The molecule has 0 atom stereocenters. The first kappa shape index (κ1) is 14.8. The number of anilines is 1. The van der Waals surface area contributed by atoms with E-state index in [1.807, 2.05) is 13.0 Å². The third kappa shape index (κ3) is 3.26. The van der Waals surface area contributed by atoms with Gasteiger partial charge in [-0.15, -0.1) is 0 Å². The topological polar surface area (TPSA) is 55.3 Å². The Morgan fingerprint density at radius 1 is 1.35 bits per heavy atom. The molecule has 1 fully saturated rings. The van der Waals surface area contributed by atoms with E-state index in [1.54, 1.807) is 0 Å². The first-order valence-corrected chi connectivity index (χ1v) is 7.19. The summed E-state index contributed by atoms with van der Waals surface area (Å²) in [6, 6.07) is 2.02. The van der Waals surface area contributed by atoms with Gasteiger partial charge < -0.3 is 9.64 Å². The molecular weight excluding hydrogens is 254 g/mol. The molecule has 0 aliphatic carbocycles. The molecule has 110 valence electrons. The van der Waals surface area contributed by atoms with Gasteiger partial charge in [0.1, 0.15) is 11.6 Å². The molecule has 2 rings (SSSR count). The van der Waals surface area contributed by atoms with Crippen LogP contribution in [0.3, 0.4) is 0 Å². The van der Waals surface area contributed by atoms with Gasteiger partial charge in [-0.25, -0.2) is 9.97 Å². The maximum Gasteiger partial charge on any atom is 0.308 e. The Morgan fingerprint density at radius 3 is 2.55 bits per heavy atom. The minimum atomic E-state index is -0.0913. The highest BCUT2D eigenvalue weighted by Crippen LogP contribution is 2.24. The number of rotatable bonds is 3. The smallest absolute Gasteiger partial charge is 0.308 e. The number of esters is 1. The molecule has 0 N–H and O–H groups in total. The van der Waals surface area contributed by atoms with Crippen LogP contribution in [-0.2, 0) is 9.53 Å². The first-order valence-electron chi connectivity index (χ1n) is 7.19. The Bertz CT molecular complexity index is 480. The van der Waals surface area contributed by atoms with E-state index in [0.717, 1.165) is 43.3 Å². The number of carbonyl (C=O) groups is 1. The predicted molar refractivity (Wildman–Crippen MR) is 77.8 cm³/mol. The summed E-state index contributed by atoms with van der Waals surface area (Å²) in [6.45, 7) is 7.88. The van der Waals surface area contributed by atoms with Crippen molar-refractivity contribution in [2.24, 2.45) is 5.92 Å². The molecule has 5 heteroatoms. The molecule has 0 radical (unpaired) electrons. The molecule has 1 saturated heterocycles. The van der Waals surface area contributed by atoms with Crippen molar-refractivity contribution in [1.29, 1.82) is 0 Å². The molecule has 0 aromatic carbocycles. The number of piperidine rings is 1. The molecule has 1 aromatic rings. The van der Waals surface area contributed by atoms with Gasteiger partial charge in [-0.1, -0.05) is 13.8 Å². The number of aromatic nitrogens is 2. The lowest BCUT2D eigenvalue weighted by Gasteiger charge is -2.31. The summed E-state index contributed by atoms with van der Waals surface area (Å²) in [5, 5.41) is 0. The van der Waals surface area contributed by atoms with Crippen molar-refractivity contribution in [2.75, 3.05) is 25.1 Å². The molecule has 0 saturated carbocycles. The number of hydrogen-bond donors (Lipinski definition) is 0. The summed E-state index contributed by atoms with van der Waals surface area (Å²) < 4.78 is 4.82. The summed E-state index contributed by atoms with van der Waals surface area (Å²) in [5.74, 6) is 2.12. The Hall–Kier alpha value is -1.65. The van der Waals surface area contributed by atoms with Gasteiger partial charge in [0.15, 0.2) is 0 Å². The van der Waals surface area contributed by atoms with Crippen molar-refractivity contribution < 1.29 is 9.53 Å². The Kier molecular flexibility index (Phi) is 4.57. The third-order valence-electron chi connectivity index (χ3n) is 3.73. The van der Waals surface area contributed by atoms with Crippen LogP contribution in [0.2, 0.25) is 0 Å². The highest BCUT2D eigenvalue weighted by Gasteiger charge is 2.26. The monoisotopic (exact) mass is 277 g/mol. The van der Waals surface area contributed by atoms with E-state index in [2.05, 4.69) is 28.7 Å². The van der Waals surface area contributed by atoms with Gasteiger partial charge in [0.25, 0.3) is 0 Å². The molecule has 1 aliphatic rings. The van der Waals surface area contributed by atoms with Crippen molar-refractivity contribution in [3.8, 4) is 0 Å². The van der Waals surface area contributed by atoms with Gasteiger partial charge in [0.05, 0.1) is 13.0 Å². The SMILES string of the molecule is COC(=O)C1CCN(c2cc(C)nc(C(C)C)n2)CC1. The summed E-state index contributed by atoms with van der Waals surface area (Å²) in [6.07, 6.45) is 1.65. The zero-order valence-electron chi connectivity index (χ0n) is 12.7. The molecule has 2 heterocycles. The second-order valence-electron chi connectivity index (χ2n) is 5.66. The van der Waals surface area contributed by atoms with Crippen LogP contribution in [0.5, 0.6) is 0 Å². The Balaban J connectivity index is 2.09. The molecule has 1 aliphatic heterocycles. The normalized spacial score (nSPS) is 16.6. The van der Waals surface area contributed by atoms with Crippen LogP contribution in [0.25, 0.3) is 0 Å². The van der Waals surface area contributed by atoms with E-state index in [0.29, 0.717) is 5.92 Å². The number of hydrogen-bond acceptors (Lipinski definition) is 5. The standard InChI is InChI=1S/C15H23N3O2/c1-10(2)14-16-11(3)9-13(17-14)18-7-5-12(6-8-18)15(19)20-4/h9-10,12H,5-8H2,1-4H3. The van der Waals surface area contributed by atoms with Gasteiger partial charge in [0, 0.05) is 30.8 Å². The number of aryl methyl sites for hydroxylation is 1. The van der Waals surface area contributed by atoms with Crippen molar-refractivity contribution in [3.63, 3.8) is 0 Å². The van der Waals surface area contributed by atoms with E-state index < -0.39 is 0 Å². The first-order chi connectivity index (χ1) is 9.51. The molecule has 0 amide bonds. The molecule has 1 aromatic heterocycles. The van der Waals surface area contributed by atoms with Crippen LogP contribution in [0.4, 0.5) is 5.82 Å². The van der Waals surface area contributed by atoms with Gasteiger partial charge in [0.2, 0.25) is 0 Å². The summed E-state index contributed by atoms with van der Waals surface area (Å²) in [7, 11) is 1.46. The summed E-state index contributed by atoms with van der Waals surface area (Å²) in [5.41, 5.74) is 0.994. The molecule has 0 spiro atoms. The number of ether oxygens (including phenoxy) is 1. The molecule has 0 unspecified atom stereocenters. The number of nitrogens with zero attached hydrogens (tertiary/aromatic N) is 3. The Labute approximate surface area is 120 Å². The van der Waals surface area contributed by atoms with Crippen LogP contribution in [0.15, 0.2) is 6.07 Å². The lowest BCUT2D eigenvalue weighted by molar-refractivity contribution is -0.146. The van der Waals surface area contributed by atoms with E-state index in [4.69, 9.17) is 4.74 Å². The second kappa shape index (κ2) is 6.20. The van der Waals surface area contributed by atoms with E-state index in [1.165, 1.54) is 7.11 Å². The Morgan fingerprint density at radius 2 is 2.00 bits per heavy atom. The van der Waals surface area contributed by atoms with Gasteiger partial charge in [-0.05, 0) is 19.8 Å². The fourth-order valence-electron chi connectivity index (χ4n) is 2.51. The average Bonchev–Trinajstić information content (AvgIpc) is 2.46. The summed E-state index contributed by atoms with van der Waals surface area (Å²) in [4.78, 5) is 22.9. The lowest BCUT2D eigenvalue weighted by Crippen LogP contribution is -2.37. The number of carbonyl (C=O) groups excluding carboxylic acids is 1. The van der Waals surface area contributed by atoms with Crippen LogP contribution < -0.4 is 4.90 Å². The van der Waals surface area contributed by atoms with E-state index >= 15 is 0 Å². The fourth-order valence-corrected chi connectivity index (χ4v) is 2.51.